The van der Waals surface area contributed by atoms with Crippen LogP contribution in [0.1, 0.15) is 11.1 Å². The summed E-state index contributed by atoms with van der Waals surface area (Å²) in [5, 5.41) is 10.8. The highest BCUT2D eigenvalue weighted by Crippen LogP contribution is 2.23. The number of nitro groups is 1. The Morgan fingerprint density at radius 1 is 1.25 bits per heavy atom. The summed E-state index contributed by atoms with van der Waals surface area (Å²) in [5.74, 6) is -0.606. The van der Waals surface area contributed by atoms with E-state index in [0.29, 0.717) is 12.2 Å². The van der Waals surface area contributed by atoms with Crippen molar-refractivity contribution in [1.82, 2.24) is 0 Å². The average Bonchev–Trinajstić information content (AvgIpc) is 2.37. The minimum Gasteiger partial charge on any atom is -0.370 e. The van der Waals surface area contributed by atoms with Crippen molar-refractivity contribution >= 4 is 11.4 Å². The Hall–Kier alpha value is -2.43. The molecule has 2 rings (SSSR count). The first-order valence-electron chi connectivity index (χ1n) is 6.17. The van der Waals surface area contributed by atoms with Crippen LogP contribution in [0.25, 0.3) is 0 Å². The van der Waals surface area contributed by atoms with Gasteiger partial charge in [0.25, 0.3) is 5.69 Å². The van der Waals surface area contributed by atoms with Crippen LogP contribution in [-0.4, -0.2) is 12.0 Å². The van der Waals surface area contributed by atoms with E-state index in [-0.39, 0.29) is 5.69 Å². The van der Waals surface area contributed by atoms with Gasteiger partial charge in [-0.1, -0.05) is 29.8 Å². The average molecular weight is 274 g/mol. The number of anilines is 1. The Kier molecular flexibility index (Phi) is 3.98. The Bertz CT molecular complexity index is 644. The van der Waals surface area contributed by atoms with Gasteiger partial charge in [0.2, 0.25) is 0 Å². The molecule has 0 aliphatic carbocycles. The molecule has 0 bridgehead atoms. The second kappa shape index (κ2) is 5.69. The van der Waals surface area contributed by atoms with Crippen LogP contribution in [0, 0.1) is 22.9 Å². The maximum Gasteiger partial charge on any atom is 0.274 e. The normalized spacial score (nSPS) is 10.3. The molecule has 0 fully saturated rings. The highest BCUT2D eigenvalue weighted by molar-refractivity contribution is 5.53. The first kappa shape index (κ1) is 14.0. The fourth-order valence-electron chi connectivity index (χ4n) is 2.06. The monoisotopic (exact) mass is 274 g/mol. The van der Waals surface area contributed by atoms with Crippen molar-refractivity contribution in [3.8, 4) is 0 Å². The molecule has 0 aliphatic rings. The molecule has 2 aromatic rings. The second-order valence-electron chi connectivity index (χ2n) is 4.77. The first-order chi connectivity index (χ1) is 9.45. The molecular formula is C15H15FN2O2. The molecule has 2 aromatic carbocycles. The standard InChI is InChI=1S/C15H15FN2O2/c1-11-4-3-5-12(6-11)10-17(2)14-7-13(16)8-15(9-14)18(19)20/h3-9H,10H2,1-2H3. The van der Waals surface area contributed by atoms with Crippen LogP contribution in [0.15, 0.2) is 42.5 Å². The quantitative estimate of drug-likeness (QED) is 0.631. The number of nitro benzene ring substituents is 1. The van der Waals surface area contributed by atoms with Gasteiger partial charge >= 0.3 is 0 Å². The number of hydrogen-bond donors (Lipinski definition) is 0. The number of non-ortho nitro benzene ring substituents is 1. The predicted molar refractivity (Wildman–Crippen MR) is 76.3 cm³/mol. The largest absolute Gasteiger partial charge is 0.370 e. The van der Waals surface area contributed by atoms with Gasteiger partial charge in [0, 0.05) is 25.3 Å². The third-order valence-electron chi connectivity index (χ3n) is 3.02. The fraction of sp³-hybridized carbons (Fsp3) is 0.200. The van der Waals surface area contributed by atoms with E-state index in [1.807, 2.05) is 31.2 Å². The lowest BCUT2D eigenvalue weighted by atomic mass is 10.1. The number of halogens is 1. The Morgan fingerprint density at radius 2 is 2.00 bits per heavy atom. The third-order valence-corrected chi connectivity index (χ3v) is 3.02. The molecule has 0 aliphatic heterocycles. The molecule has 0 saturated carbocycles. The summed E-state index contributed by atoms with van der Waals surface area (Å²) >= 11 is 0. The van der Waals surface area contributed by atoms with Gasteiger partial charge in [0.1, 0.15) is 5.82 Å². The van der Waals surface area contributed by atoms with Crippen LogP contribution in [0.5, 0.6) is 0 Å². The molecule has 0 aromatic heterocycles. The van der Waals surface area contributed by atoms with E-state index < -0.39 is 10.7 Å². The lowest BCUT2D eigenvalue weighted by Crippen LogP contribution is -2.16. The molecule has 0 radical (unpaired) electrons. The molecule has 0 N–H and O–H groups in total. The zero-order chi connectivity index (χ0) is 14.7. The summed E-state index contributed by atoms with van der Waals surface area (Å²) in [6.45, 7) is 2.55. The van der Waals surface area contributed by atoms with E-state index in [2.05, 4.69) is 0 Å². The van der Waals surface area contributed by atoms with E-state index in [0.717, 1.165) is 17.2 Å². The second-order valence-corrected chi connectivity index (χ2v) is 4.77. The number of rotatable bonds is 4. The van der Waals surface area contributed by atoms with Crippen molar-refractivity contribution in [3.05, 3.63) is 69.5 Å². The maximum atomic E-state index is 13.4. The van der Waals surface area contributed by atoms with Crippen LogP contribution in [-0.2, 0) is 6.54 Å². The molecule has 20 heavy (non-hydrogen) atoms. The molecular weight excluding hydrogens is 259 g/mol. The van der Waals surface area contributed by atoms with Crippen LogP contribution in [0.4, 0.5) is 15.8 Å². The van der Waals surface area contributed by atoms with Gasteiger partial charge in [-0.2, -0.15) is 0 Å². The van der Waals surface area contributed by atoms with Crippen molar-refractivity contribution in [2.45, 2.75) is 13.5 Å². The van der Waals surface area contributed by atoms with Crippen molar-refractivity contribution in [1.29, 1.82) is 0 Å². The lowest BCUT2D eigenvalue weighted by Gasteiger charge is -2.19. The smallest absolute Gasteiger partial charge is 0.274 e. The first-order valence-corrected chi connectivity index (χ1v) is 6.17. The molecule has 4 nitrogen and oxygen atoms in total. The minimum absolute atomic E-state index is 0.240. The number of nitrogens with zero attached hydrogens (tertiary/aromatic N) is 2. The molecule has 0 saturated heterocycles. The number of aryl methyl sites for hydroxylation is 1. The maximum absolute atomic E-state index is 13.4. The lowest BCUT2D eigenvalue weighted by molar-refractivity contribution is -0.385. The van der Waals surface area contributed by atoms with Crippen LogP contribution < -0.4 is 4.90 Å². The highest BCUT2D eigenvalue weighted by atomic mass is 19.1. The van der Waals surface area contributed by atoms with Crippen molar-refractivity contribution in [3.63, 3.8) is 0 Å². The molecule has 0 spiro atoms. The summed E-state index contributed by atoms with van der Waals surface area (Å²) in [6, 6.07) is 11.5. The van der Waals surface area contributed by atoms with Crippen LogP contribution in [0.3, 0.4) is 0 Å². The fourth-order valence-corrected chi connectivity index (χ4v) is 2.06. The molecule has 0 atom stereocenters. The molecule has 0 amide bonds. The summed E-state index contributed by atoms with van der Waals surface area (Å²) in [7, 11) is 1.78. The van der Waals surface area contributed by atoms with Crippen molar-refractivity contribution < 1.29 is 9.31 Å². The van der Waals surface area contributed by atoms with E-state index >= 15 is 0 Å². The summed E-state index contributed by atoms with van der Waals surface area (Å²) < 4.78 is 13.4. The predicted octanol–water partition coefficient (Wildman–Crippen LogP) is 3.68. The summed E-state index contributed by atoms with van der Waals surface area (Å²) in [4.78, 5) is 11.9. The topological polar surface area (TPSA) is 46.4 Å². The zero-order valence-corrected chi connectivity index (χ0v) is 11.3. The van der Waals surface area contributed by atoms with Gasteiger partial charge in [0.05, 0.1) is 11.0 Å². The van der Waals surface area contributed by atoms with Gasteiger partial charge in [-0.3, -0.25) is 10.1 Å². The highest BCUT2D eigenvalue weighted by Gasteiger charge is 2.12. The van der Waals surface area contributed by atoms with Gasteiger partial charge in [-0.25, -0.2) is 4.39 Å². The van der Waals surface area contributed by atoms with Gasteiger partial charge < -0.3 is 4.90 Å². The Morgan fingerprint density at radius 3 is 2.65 bits per heavy atom. The molecule has 0 unspecified atom stereocenters. The minimum atomic E-state index is -0.606. The Labute approximate surface area is 116 Å². The SMILES string of the molecule is Cc1cccc(CN(C)c2cc(F)cc([N+](=O)[O-])c2)c1. The summed E-state index contributed by atoms with van der Waals surface area (Å²) in [5.41, 5.74) is 2.45. The zero-order valence-electron chi connectivity index (χ0n) is 11.3. The van der Waals surface area contributed by atoms with E-state index in [1.165, 1.54) is 12.1 Å². The van der Waals surface area contributed by atoms with Gasteiger partial charge in [-0.15, -0.1) is 0 Å². The van der Waals surface area contributed by atoms with E-state index in [1.54, 1.807) is 11.9 Å². The van der Waals surface area contributed by atoms with Crippen LogP contribution >= 0.6 is 0 Å². The number of hydrogen-bond acceptors (Lipinski definition) is 3. The third kappa shape index (κ3) is 3.32. The van der Waals surface area contributed by atoms with E-state index in [9.17, 15) is 14.5 Å². The summed E-state index contributed by atoms with van der Waals surface area (Å²) in [6.07, 6.45) is 0. The van der Waals surface area contributed by atoms with Gasteiger partial charge in [-0.05, 0) is 18.6 Å². The van der Waals surface area contributed by atoms with E-state index in [4.69, 9.17) is 0 Å². The number of benzene rings is 2. The molecule has 5 heteroatoms. The Balaban J connectivity index is 2.25. The van der Waals surface area contributed by atoms with Crippen LogP contribution in [0.2, 0.25) is 0 Å². The molecule has 0 heterocycles. The molecule has 104 valence electrons. The van der Waals surface area contributed by atoms with Crippen molar-refractivity contribution in [2.75, 3.05) is 11.9 Å². The van der Waals surface area contributed by atoms with Crippen molar-refractivity contribution in [2.24, 2.45) is 0 Å². The van der Waals surface area contributed by atoms with Gasteiger partial charge in [0.15, 0.2) is 0 Å².